The van der Waals surface area contributed by atoms with Crippen LogP contribution in [0.4, 0.5) is 5.69 Å². The first kappa shape index (κ1) is 17.7. The first-order valence-corrected chi connectivity index (χ1v) is 10.5. The molecular weight excluding hydrogens is 388 g/mol. The molecule has 1 amide bonds. The molecule has 134 valence electrons. The molecule has 26 heavy (non-hydrogen) atoms. The molecular formula is C18H17ClN4OS2. The van der Waals surface area contributed by atoms with Crippen molar-refractivity contribution in [1.82, 2.24) is 15.0 Å². The Morgan fingerprint density at radius 3 is 3.00 bits per heavy atom. The van der Waals surface area contributed by atoms with Crippen LogP contribution in [-0.2, 0) is 17.6 Å². The van der Waals surface area contributed by atoms with Crippen LogP contribution in [0.25, 0.3) is 10.2 Å². The van der Waals surface area contributed by atoms with Gasteiger partial charge in [-0.3, -0.25) is 4.79 Å². The van der Waals surface area contributed by atoms with E-state index in [1.165, 1.54) is 35.0 Å². The first-order chi connectivity index (χ1) is 12.6. The van der Waals surface area contributed by atoms with Crippen LogP contribution in [0.2, 0.25) is 5.15 Å². The second-order valence-electron chi connectivity index (χ2n) is 6.16. The maximum Gasteiger partial charge on any atom is 0.237 e. The van der Waals surface area contributed by atoms with E-state index in [-0.39, 0.29) is 16.3 Å². The molecule has 0 spiro atoms. The number of hydrogen-bond acceptors (Lipinski definition) is 6. The number of carbonyl (C=O) groups is 1. The number of halogens is 1. The number of pyridine rings is 1. The van der Waals surface area contributed by atoms with E-state index in [0.717, 1.165) is 28.1 Å². The highest BCUT2D eigenvalue weighted by Crippen LogP contribution is 2.40. The maximum absolute atomic E-state index is 12.6. The molecule has 1 aliphatic rings. The van der Waals surface area contributed by atoms with Crippen molar-refractivity contribution >= 4 is 56.5 Å². The van der Waals surface area contributed by atoms with Gasteiger partial charge in [-0.25, -0.2) is 15.0 Å². The SMILES string of the molecule is C[C@@H](Sc1ncnc2sc3c(c12)CCCC3)C(=O)Nc1cccnc1Cl. The summed E-state index contributed by atoms with van der Waals surface area (Å²) in [7, 11) is 0. The Bertz CT molecular complexity index is 975. The summed E-state index contributed by atoms with van der Waals surface area (Å²) in [6.07, 6.45) is 7.81. The summed E-state index contributed by atoms with van der Waals surface area (Å²) in [5.41, 5.74) is 1.90. The fourth-order valence-corrected chi connectivity index (χ4v) is 5.49. The monoisotopic (exact) mass is 404 g/mol. The third-order valence-electron chi connectivity index (χ3n) is 4.39. The van der Waals surface area contributed by atoms with Gasteiger partial charge in [0.1, 0.15) is 16.2 Å². The van der Waals surface area contributed by atoms with Gasteiger partial charge < -0.3 is 5.32 Å². The van der Waals surface area contributed by atoms with Crippen molar-refractivity contribution in [2.24, 2.45) is 0 Å². The van der Waals surface area contributed by atoms with Gasteiger partial charge in [0.25, 0.3) is 0 Å². The molecule has 3 aromatic heterocycles. The highest BCUT2D eigenvalue weighted by Gasteiger charge is 2.23. The van der Waals surface area contributed by atoms with Gasteiger partial charge in [-0.2, -0.15) is 0 Å². The lowest BCUT2D eigenvalue weighted by molar-refractivity contribution is -0.115. The Balaban J connectivity index is 1.58. The molecule has 0 saturated carbocycles. The molecule has 4 rings (SSSR count). The fourth-order valence-electron chi connectivity index (χ4n) is 3.09. The fraction of sp³-hybridized carbons (Fsp3) is 0.333. The normalized spacial score (nSPS) is 14.8. The van der Waals surface area contributed by atoms with E-state index >= 15 is 0 Å². The topological polar surface area (TPSA) is 67.8 Å². The molecule has 3 heterocycles. The zero-order chi connectivity index (χ0) is 18.1. The van der Waals surface area contributed by atoms with E-state index in [9.17, 15) is 4.79 Å². The Morgan fingerprint density at radius 1 is 1.31 bits per heavy atom. The van der Waals surface area contributed by atoms with Gasteiger partial charge in [0, 0.05) is 16.5 Å². The summed E-state index contributed by atoms with van der Waals surface area (Å²) in [4.78, 5) is 27.9. The van der Waals surface area contributed by atoms with Crippen LogP contribution < -0.4 is 5.32 Å². The van der Waals surface area contributed by atoms with Crippen molar-refractivity contribution in [2.75, 3.05) is 5.32 Å². The molecule has 0 fully saturated rings. The number of aryl methyl sites for hydroxylation is 2. The number of fused-ring (bicyclic) bond motifs is 3. The van der Waals surface area contributed by atoms with Crippen molar-refractivity contribution in [2.45, 2.75) is 42.9 Å². The molecule has 0 bridgehead atoms. The van der Waals surface area contributed by atoms with E-state index in [4.69, 9.17) is 11.6 Å². The summed E-state index contributed by atoms with van der Waals surface area (Å²) in [5, 5.41) is 4.83. The van der Waals surface area contributed by atoms with Crippen LogP contribution >= 0.6 is 34.7 Å². The minimum atomic E-state index is -0.316. The van der Waals surface area contributed by atoms with Crippen molar-refractivity contribution in [3.05, 3.63) is 40.3 Å². The highest BCUT2D eigenvalue weighted by molar-refractivity contribution is 8.00. The van der Waals surface area contributed by atoms with Gasteiger partial charge in [0.2, 0.25) is 5.91 Å². The Labute approximate surface area is 164 Å². The average Bonchev–Trinajstić information content (AvgIpc) is 3.03. The number of nitrogens with zero attached hydrogens (tertiary/aromatic N) is 3. The largest absolute Gasteiger partial charge is 0.322 e. The number of hydrogen-bond donors (Lipinski definition) is 1. The highest BCUT2D eigenvalue weighted by atomic mass is 35.5. The third kappa shape index (κ3) is 3.43. The summed E-state index contributed by atoms with van der Waals surface area (Å²) < 4.78 is 0. The van der Waals surface area contributed by atoms with Gasteiger partial charge in [-0.15, -0.1) is 11.3 Å². The predicted octanol–water partition coefficient (Wildman–Crippen LogP) is 4.74. The summed E-state index contributed by atoms with van der Waals surface area (Å²) in [6, 6.07) is 3.48. The van der Waals surface area contributed by atoms with Crippen molar-refractivity contribution in [1.29, 1.82) is 0 Å². The van der Waals surface area contributed by atoms with Gasteiger partial charge in [-0.1, -0.05) is 23.4 Å². The zero-order valence-electron chi connectivity index (χ0n) is 14.2. The number of amides is 1. The molecule has 8 heteroatoms. The van der Waals surface area contributed by atoms with Crippen molar-refractivity contribution in [3.63, 3.8) is 0 Å². The Morgan fingerprint density at radius 2 is 2.15 bits per heavy atom. The van der Waals surface area contributed by atoms with Crippen LogP contribution in [0.1, 0.15) is 30.2 Å². The number of thioether (sulfide) groups is 1. The summed E-state index contributed by atoms with van der Waals surface area (Å²) in [5.74, 6) is -0.124. The van der Waals surface area contributed by atoms with Crippen molar-refractivity contribution in [3.8, 4) is 0 Å². The molecule has 3 aromatic rings. The Kier molecular flexibility index (Phi) is 5.11. The van der Waals surface area contributed by atoms with Crippen LogP contribution in [0, 0.1) is 0 Å². The van der Waals surface area contributed by atoms with Gasteiger partial charge in [-0.05, 0) is 50.3 Å². The number of nitrogens with one attached hydrogen (secondary N) is 1. The Hall–Kier alpha value is -1.70. The number of carbonyl (C=O) groups excluding carboxylic acids is 1. The van der Waals surface area contributed by atoms with E-state index in [1.807, 2.05) is 6.92 Å². The number of aromatic nitrogens is 3. The standard InChI is InChI=1S/C18H17ClN4OS2/c1-10(16(24)23-12-6-4-8-20-15(12)19)25-17-14-11-5-2-3-7-13(11)26-18(14)22-9-21-17/h4,6,8-10H,2-3,5,7H2,1H3,(H,23,24)/t10-/m1/s1. The molecule has 5 nitrogen and oxygen atoms in total. The van der Waals surface area contributed by atoms with Crippen LogP contribution in [0.5, 0.6) is 0 Å². The second kappa shape index (κ2) is 7.50. The van der Waals surface area contributed by atoms with Crippen LogP contribution in [0.3, 0.4) is 0 Å². The second-order valence-corrected chi connectivity index (χ2v) is 8.93. The van der Waals surface area contributed by atoms with Crippen LogP contribution in [0.15, 0.2) is 29.7 Å². The molecule has 0 radical (unpaired) electrons. The maximum atomic E-state index is 12.6. The summed E-state index contributed by atoms with van der Waals surface area (Å²) >= 11 is 9.25. The van der Waals surface area contributed by atoms with Gasteiger partial charge >= 0.3 is 0 Å². The predicted molar refractivity (Wildman–Crippen MR) is 107 cm³/mol. The lowest BCUT2D eigenvalue weighted by atomic mass is 9.97. The van der Waals surface area contributed by atoms with Gasteiger partial charge in [0.05, 0.1) is 10.9 Å². The van der Waals surface area contributed by atoms with E-state index in [0.29, 0.717) is 5.69 Å². The third-order valence-corrected chi connectivity index (χ3v) is 6.99. The molecule has 0 aliphatic heterocycles. The van der Waals surface area contributed by atoms with E-state index in [1.54, 1.807) is 36.0 Å². The molecule has 0 unspecified atom stereocenters. The molecule has 1 N–H and O–H groups in total. The van der Waals surface area contributed by atoms with Gasteiger partial charge in [0.15, 0.2) is 5.15 Å². The number of anilines is 1. The molecule has 1 aliphatic carbocycles. The molecule has 0 aromatic carbocycles. The van der Waals surface area contributed by atoms with Crippen LogP contribution in [-0.4, -0.2) is 26.1 Å². The lowest BCUT2D eigenvalue weighted by Gasteiger charge is -2.14. The summed E-state index contributed by atoms with van der Waals surface area (Å²) in [6.45, 7) is 1.87. The first-order valence-electron chi connectivity index (χ1n) is 8.47. The average molecular weight is 405 g/mol. The smallest absolute Gasteiger partial charge is 0.237 e. The zero-order valence-corrected chi connectivity index (χ0v) is 16.5. The van der Waals surface area contributed by atoms with E-state index < -0.39 is 0 Å². The van der Waals surface area contributed by atoms with E-state index in [2.05, 4.69) is 20.3 Å². The minimum Gasteiger partial charge on any atom is -0.322 e. The minimum absolute atomic E-state index is 0.124. The lowest BCUT2D eigenvalue weighted by Crippen LogP contribution is -2.22. The molecule has 0 saturated heterocycles. The number of thiophene rings is 1. The number of rotatable bonds is 4. The molecule has 1 atom stereocenters. The van der Waals surface area contributed by atoms with Crippen molar-refractivity contribution < 1.29 is 4.79 Å². The quantitative estimate of drug-likeness (QED) is 0.386.